The molecule has 6 nitrogen and oxygen atoms in total. The van der Waals surface area contributed by atoms with Gasteiger partial charge in [-0.25, -0.2) is 4.57 Å². The van der Waals surface area contributed by atoms with Gasteiger partial charge in [0, 0.05) is 40.2 Å². The minimum Gasteiger partial charge on any atom is -0.362 e. The van der Waals surface area contributed by atoms with E-state index in [1.165, 1.54) is 70.8 Å². The molecule has 25 heavy (non-hydrogen) atoms. The van der Waals surface area contributed by atoms with Crippen molar-refractivity contribution in [3.05, 3.63) is 12.4 Å². The van der Waals surface area contributed by atoms with Crippen LogP contribution in [0.1, 0.15) is 71.1 Å². The van der Waals surface area contributed by atoms with E-state index in [0.717, 1.165) is 20.9 Å². The average molecular weight is 378 g/mol. The second-order valence-corrected chi connectivity index (χ2v) is 8.19. The zero-order valence-corrected chi connectivity index (χ0v) is 17.5. The topological polar surface area (TPSA) is 62.2 Å². The molecule has 0 atom stereocenters. The molecule has 0 amide bonds. The molecule has 0 fully saturated rings. The van der Waals surface area contributed by atoms with E-state index in [0.29, 0.717) is 0 Å². The normalized spacial score (nSPS) is 14.0. The zero-order chi connectivity index (χ0) is 19.0. The summed E-state index contributed by atoms with van der Waals surface area (Å²) in [5.74, 6) is 0. The van der Waals surface area contributed by atoms with Gasteiger partial charge in [0.25, 0.3) is 0 Å². The fourth-order valence-corrected chi connectivity index (χ4v) is 2.76. The maximum Gasteiger partial charge on any atom is 0.471 e. The summed E-state index contributed by atoms with van der Waals surface area (Å²) in [5.41, 5.74) is 0. The number of rotatable bonds is 13. The first kappa shape index (κ1) is 24.5. The molecule has 7 heteroatoms. The Hall–Kier alpha value is -0.550. The predicted octanol–water partition coefficient (Wildman–Crippen LogP) is 4.96. The van der Waals surface area contributed by atoms with Crippen LogP contribution in [-0.4, -0.2) is 49.2 Å². The van der Waals surface area contributed by atoms with Crippen molar-refractivity contribution in [3.63, 3.8) is 0 Å². The Labute approximate surface area is 154 Å². The summed E-state index contributed by atoms with van der Waals surface area (Å²) in [6.45, 7) is 4.60. The first-order valence-corrected chi connectivity index (χ1v) is 11.0. The summed E-state index contributed by atoms with van der Waals surface area (Å²) >= 11 is 0. The van der Waals surface area contributed by atoms with Crippen LogP contribution < -0.4 is 0 Å². The highest BCUT2D eigenvalue weighted by molar-refractivity contribution is 7.47. The Kier molecular flexibility index (Phi) is 15.3. The summed E-state index contributed by atoms with van der Waals surface area (Å²) in [7, 11) is 0.683. The van der Waals surface area contributed by atoms with Crippen LogP contribution in [0.3, 0.4) is 0 Å². The molecule has 1 aliphatic rings. The van der Waals surface area contributed by atoms with Crippen LogP contribution in [0.4, 0.5) is 0 Å². The van der Waals surface area contributed by atoms with Gasteiger partial charge < -0.3 is 14.7 Å². The van der Waals surface area contributed by atoms with Crippen LogP contribution >= 0.6 is 7.82 Å². The molecule has 1 N–H and O–H groups in total. The molecule has 0 aromatic heterocycles. The molecule has 0 saturated carbocycles. The van der Waals surface area contributed by atoms with Crippen molar-refractivity contribution in [2.45, 2.75) is 71.1 Å². The van der Waals surface area contributed by atoms with Crippen molar-refractivity contribution in [1.82, 2.24) is 9.80 Å². The molecule has 0 aromatic rings. The van der Waals surface area contributed by atoms with Gasteiger partial charge in [-0.05, 0) is 6.42 Å². The fourth-order valence-electron chi connectivity index (χ4n) is 2.61. The summed E-state index contributed by atoms with van der Waals surface area (Å²) in [5, 5.41) is 0. The summed E-state index contributed by atoms with van der Waals surface area (Å²) in [6, 6.07) is 0. The van der Waals surface area contributed by atoms with Crippen molar-refractivity contribution in [3.8, 4) is 0 Å². The Morgan fingerprint density at radius 2 is 1.40 bits per heavy atom. The molecule has 1 heterocycles. The number of nitrogens with zero attached hydrogens (tertiary/aromatic N) is 2. The highest BCUT2D eigenvalue weighted by atomic mass is 31.2. The number of hydrogen-bond acceptors (Lipinski definition) is 5. The van der Waals surface area contributed by atoms with E-state index in [-0.39, 0.29) is 0 Å². The first-order chi connectivity index (χ1) is 11.9. The minimum absolute atomic E-state index is 1.08. The number of phosphoric acid groups is 1. The maximum atomic E-state index is 10.1. The SMILES string of the molecule is CCCCCCCCCCCCN1C=CN(C)C1.COP(=O)(O)OC. The van der Waals surface area contributed by atoms with Gasteiger partial charge in [0.1, 0.15) is 0 Å². The third kappa shape index (κ3) is 15.4. The minimum atomic E-state index is -3.65. The monoisotopic (exact) mass is 378 g/mol. The van der Waals surface area contributed by atoms with E-state index < -0.39 is 7.82 Å². The van der Waals surface area contributed by atoms with Gasteiger partial charge in [0.05, 0.1) is 6.67 Å². The quantitative estimate of drug-likeness (QED) is 0.361. The van der Waals surface area contributed by atoms with Gasteiger partial charge in [-0.1, -0.05) is 64.7 Å². The highest BCUT2D eigenvalue weighted by Crippen LogP contribution is 2.40. The number of hydrogen-bond donors (Lipinski definition) is 1. The molecule has 0 unspecified atom stereocenters. The van der Waals surface area contributed by atoms with E-state index in [9.17, 15) is 4.57 Å². The molecule has 1 aliphatic heterocycles. The van der Waals surface area contributed by atoms with Crippen molar-refractivity contribution < 1.29 is 18.5 Å². The molecule has 0 saturated heterocycles. The van der Waals surface area contributed by atoms with Gasteiger partial charge in [0.2, 0.25) is 0 Å². The molecule has 0 aliphatic carbocycles. The molecule has 0 aromatic carbocycles. The van der Waals surface area contributed by atoms with Crippen molar-refractivity contribution in [2.75, 3.05) is 34.5 Å². The first-order valence-electron chi connectivity index (χ1n) is 9.52. The van der Waals surface area contributed by atoms with Gasteiger partial charge in [-0.2, -0.15) is 0 Å². The standard InChI is InChI=1S/C16H32N2.C2H7O4P/c1-3-4-5-6-7-8-9-10-11-12-13-18-15-14-17(2)16-18;1-5-7(3,4)6-2/h14-15H,3-13,16H2,1-2H3;1-2H3,(H,3,4). The van der Waals surface area contributed by atoms with Gasteiger partial charge in [-0.3, -0.25) is 9.05 Å². The van der Waals surface area contributed by atoms with E-state index in [1.54, 1.807) is 0 Å². The average Bonchev–Trinajstić information content (AvgIpc) is 3.02. The summed E-state index contributed by atoms with van der Waals surface area (Å²) in [6.07, 6.45) is 18.6. The van der Waals surface area contributed by atoms with Crippen LogP contribution in [0.25, 0.3) is 0 Å². The maximum absolute atomic E-state index is 10.1. The van der Waals surface area contributed by atoms with Gasteiger partial charge in [-0.15, -0.1) is 0 Å². The lowest BCUT2D eigenvalue weighted by Crippen LogP contribution is -2.23. The van der Waals surface area contributed by atoms with Gasteiger partial charge in [0.15, 0.2) is 0 Å². The summed E-state index contributed by atoms with van der Waals surface area (Å²) < 4.78 is 18.0. The van der Waals surface area contributed by atoms with E-state index in [2.05, 4.69) is 45.2 Å². The third-order valence-electron chi connectivity index (χ3n) is 4.20. The lowest BCUT2D eigenvalue weighted by atomic mass is 10.1. The molecular weight excluding hydrogens is 339 g/mol. The lowest BCUT2D eigenvalue weighted by Gasteiger charge is -2.17. The van der Waals surface area contributed by atoms with E-state index >= 15 is 0 Å². The van der Waals surface area contributed by atoms with Crippen molar-refractivity contribution in [1.29, 1.82) is 0 Å². The lowest BCUT2D eigenvalue weighted by molar-refractivity contribution is 0.204. The van der Waals surface area contributed by atoms with E-state index in [1.807, 2.05) is 0 Å². The van der Waals surface area contributed by atoms with Crippen molar-refractivity contribution >= 4 is 7.82 Å². The second-order valence-electron chi connectivity index (χ2n) is 6.52. The Balaban J connectivity index is 0.000000697. The molecule has 0 bridgehead atoms. The molecule has 0 spiro atoms. The van der Waals surface area contributed by atoms with Crippen LogP contribution in [0, 0.1) is 0 Å². The van der Waals surface area contributed by atoms with E-state index in [4.69, 9.17) is 4.89 Å². The largest absolute Gasteiger partial charge is 0.471 e. The third-order valence-corrected chi connectivity index (χ3v) is 5.12. The van der Waals surface area contributed by atoms with Gasteiger partial charge >= 0.3 is 7.82 Å². The Morgan fingerprint density at radius 1 is 0.920 bits per heavy atom. The fraction of sp³-hybridized carbons (Fsp3) is 0.889. The Bertz CT molecular complexity index is 372. The smallest absolute Gasteiger partial charge is 0.362 e. The molecule has 150 valence electrons. The zero-order valence-electron chi connectivity index (χ0n) is 16.7. The molecular formula is C18H39N2O4P. The predicted molar refractivity (Wildman–Crippen MR) is 104 cm³/mol. The number of phosphoric ester groups is 1. The summed E-state index contributed by atoms with van der Waals surface area (Å²) in [4.78, 5) is 12.9. The molecule has 0 radical (unpaired) electrons. The van der Waals surface area contributed by atoms with Crippen LogP contribution in [0.5, 0.6) is 0 Å². The highest BCUT2D eigenvalue weighted by Gasteiger charge is 2.13. The van der Waals surface area contributed by atoms with Crippen LogP contribution in [0.2, 0.25) is 0 Å². The Morgan fingerprint density at radius 3 is 1.76 bits per heavy atom. The van der Waals surface area contributed by atoms with Crippen molar-refractivity contribution in [2.24, 2.45) is 0 Å². The molecule has 1 rings (SSSR count). The van der Waals surface area contributed by atoms with Crippen LogP contribution in [-0.2, 0) is 13.6 Å². The number of unbranched alkanes of at least 4 members (excludes halogenated alkanes) is 9. The second kappa shape index (κ2) is 15.7. The van der Waals surface area contributed by atoms with Crippen LogP contribution in [0.15, 0.2) is 12.4 Å².